The second-order valence-corrected chi connectivity index (χ2v) is 4.26. The van der Waals surface area contributed by atoms with Crippen LogP contribution in [0.25, 0.3) is 0 Å². The zero-order chi connectivity index (χ0) is 15.2. The van der Waals surface area contributed by atoms with E-state index in [1.807, 2.05) is 12.1 Å². The molecule has 21 heavy (non-hydrogen) atoms. The molecule has 0 saturated heterocycles. The number of anilines is 2. The van der Waals surface area contributed by atoms with Gasteiger partial charge in [0.1, 0.15) is 5.69 Å². The fraction of sp³-hybridized carbons (Fsp3) is 0.133. The number of hydrogen-bond donors (Lipinski definition) is 0. The van der Waals surface area contributed by atoms with Crippen LogP contribution >= 0.6 is 0 Å². The van der Waals surface area contributed by atoms with Crippen LogP contribution in [-0.2, 0) is 0 Å². The molecule has 0 unspecified atom stereocenters. The van der Waals surface area contributed by atoms with E-state index in [1.54, 1.807) is 29.2 Å². The van der Waals surface area contributed by atoms with Crippen LogP contribution < -0.4 is 4.90 Å². The van der Waals surface area contributed by atoms with Crippen molar-refractivity contribution < 1.29 is 9.31 Å². The van der Waals surface area contributed by atoms with Crippen molar-refractivity contribution in [2.24, 2.45) is 0 Å². The van der Waals surface area contributed by atoms with Crippen LogP contribution in [0.15, 0.2) is 48.5 Å². The molecule has 0 aliphatic carbocycles. The molecule has 106 valence electrons. The fourth-order valence-corrected chi connectivity index (χ4v) is 2.06. The highest BCUT2D eigenvalue weighted by Crippen LogP contribution is 2.35. The average molecular weight is 285 g/mol. The predicted octanol–water partition coefficient (Wildman–Crippen LogP) is 3.79. The molecule has 0 aliphatic rings. The van der Waals surface area contributed by atoms with E-state index in [9.17, 15) is 14.5 Å². The molecule has 0 saturated carbocycles. The normalized spacial score (nSPS) is 9.90. The van der Waals surface area contributed by atoms with Crippen LogP contribution in [0.4, 0.5) is 21.5 Å². The van der Waals surface area contributed by atoms with Crippen molar-refractivity contribution in [3.05, 3.63) is 64.5 Å². The third-order valence-corrected chi connectivity index (χ3v) is 2.95. The Labute approximate surface area is 121 Å². The summed E-state index contributed by atoms with van der Waals surface area (Å²) in [5, 5.41) is 19.9. The van der Waals surface area contributed by atoms with Crippen LogP contribution in [0.3, 0.4) is 0 Å². The quantitative estimate of drug-likeness (QED) is 0.619. The molecular weight excluding hydrogens is 273 g/mol. The first-order chi connectivity index (χ1) is 10.1. The van der Waals surface area contributed by atoms with Gasteiger partial charge in [-0.3, -0.25) is 10.1 Å². The van der Waals surface area contributed by atoms with Crippen LogP contribution in [0.2, 0.25) is 0 Å². The molecule has 0 radical (unpaired) electrons. The van der Waals surface area contributed by atoms with Crippen LogP contribution in [0.1, 0.15) is 6.42 Å². The first-order valence-electron chi connectivity index (χ1n) is 6.27. The zero-order valence-electron chi connectivity index (χ0n) is 11.1. The Balaban J connectivity index is 2.55. The van der Waals surface area contributed by atoms with Crippen molar-refractivity contribution >= 4 is 17.1 Å². The van der Waals surface area contributed by atoms with Crippen molar-refractivity contribution in [1.82, 2.24) is 0 Å². The minimum absolute atomic E-state index is 0.140. The first-order valence-corrected chi connectivity index (χ1v) is 6.27. The lowest BCUT2D eigenvalue weighted by molar-refractivity contribution is -0.386. The molecule has 0 spiro atoms. The Morgan fingerprint density at radius 2 is 1.90 bits per heavy atom. The molecule has 0 N–H and O–H groups in total. The predicted molar refractivity (Wildman–Crippen MR) is 76.7 cm³/mol. The average Bonchev–Trinajstić information content (AvgIpc) is 2.48. The number of nitro groups is 1. The van der Waals surface area contributed by atoms with Crippen LogP contribution in [0, 0.1) is 27.3 Å². The topological polar surface area (TPSA) is 70.2 Å². The van der Waals surface area contributed by atoms with Gasteiger partial charge in [-0.15, -0.1) is 0 Å². The molecule has 2 aromatic carbocycles. The van der Waals surface area contributed by atoms with E-state index in [0.29, 0.717) is 5.69 Å². The van der Waals surface area contributed by atoms with E-state index < -0.39 is 16.4 Å². The number of nitriles is 1. The first kappa shape index (κ1) is 14.5. The SMILES string of the molecule is N#CCCN(c1ccccc1)c1cccc(F)c1[N+](=O)[O-]. The molecule has 0 heterocycles. The molecule has 0 bridgehead atoms. The maximum atomic E-state index is 13.8. The van der Waals surface area contributed by atoms with Crippen LogP contribution in [-0.4, -0.2) is 11.5 Å². The lowest BCUT2D eigenvalue weighted by Crippen LogP contribution is -2.19. The third kappa shape index (κ3) is 3.15. The standard InChI is InChI=1S/C15H12FN3O2/c16-13-8-4-9-14(15(13)19(20)21)18(11-5-10-17)12-6-2-1-3-7-12/h1-4,6-9H,5,11H2. The van der Waals surface area contributed by atoms with E-state index in [1.165, 1.54) is 12.1 Å². The maximum Gasteiger partial charge on any atom is 0.328 e. The molecule has 0 fully saturated rings. The number of para-hydroxylation sites is 2. The van der Waals surface area contributed by atoms with Crippen molar-refractivity contribution in [2.45, 2.75) is 6.42 Å². The summed E-state index contributed by atoms with van der Waals surface area (Å²) in [5.74, 6) is -0.893. The fourth-order valence-electron chi connectivity index (χ4n) is 2.06. The van der Waals surface area contributed by atoms with Gasteiger partial charge in [-0.1, -0.05) is 24.3 Å². The van der Waals surface area contributed by atoms with Gasteiger partial charge >= 0.3 is 5.69 Å². The number of nitro benzene ring substituents is 1. The van der Waals surface area contributed by atoms with Crippen LogP contribution in [0.5, 0.6) is 0 Å². The highest BCUT2D eigenvalue weighted by Gasteiger charge is 2.24. The van der Waals surface area contributed by atoms with Gasteiger partial charge in [0.2, 0.25) is 5.82 Å². The van der Waals surface area contributed by atoms with Gasteiger partial charge in [0.15, 0.2) is 0 Å². The Kier molecular flexibility index (Phi) is 4.46. The number of benzene rings is 2. The number of rotatable bonds is 5. The molecule has 0 amide bonds. The van der Waals surface area contributed by atoms with Gasteiger partial charge in [0.25, 0.3) is 0 Å². The molecule has 2 aromatic rings. The zero-order valence-corrected chi connectivity index (χ0v) is 11.1. The van der Waals surface area contributed by atoms with E-state index in [0.717, 1.165) is 6.07 Å². The van der Waals surface area contributed by atoms with Gasteiger partial charge < -0.3 is 4.90 Å². The molecule has 6 heteroatoms. The second-order valence-electron chi connectivity index (χ2n) is 4.26. The van der Waals surface area contributed by atoms with Gasteiger partial charge in [-0.2, -0.15) is 9.65 Å². The largest absolute Gasteiger partial charge is 0.335 e. The summed E-state index contributed by atoms with van der Waals surface area (Å²) in [4.78, 5) is 12.0. The van der Waals surface area contributed by atoms with E-state index in [-0.39, 0.29) is 18.7 Å². The van der Waals surface area contributed by atoms with Gasteiger partial charge in [0, 0.05) is 12.2 Å². The van der Waals surface area contributed by atoms with Crippen molar-refractivity contribution in [2.75, 3.05) is 11.4 Å². The van der Waals surface area contributed by atoms with E-state index in [4.69, 9.17) is 5.26 Å². The summed E-state index contributed by atoms with van der Waals surface area (Å²) in [7, 11) is 0. The Bertz CT molecular complexity index is 683. The third-order valence-electron chi connectivity index (χ3n) is 2.95. The summed E-state index contributed by atoms with van der Waals surface area (Å²) in [6.45, 7) is 0.241. The molecule has 0 atom stereocenters. The van der Waals surface area contributed by atoms with Gasteiger partial charge in [-0.25, -0.2) is 0 Å². The maximum absolute atomic E-state index is 13.8. The highest BCUT2D eigenvalue weighted by atomic mass is 19.1. The van der Waals surface area contributed by atoms with Crippen molar-refractivity contribution in [3.63, 3.8) is 0 Å². The molecular formula is C15H12FN3O2. The smallest absolute Gasteiger partial charge is 0.328 e. The molecule has 5 nitrogen and oxygen atoms in total. The number of hydrogen-bond acceptors (Lipinski definition) is 4. The second kappa shape index (κ2) is 6.48. The summed E-state index contributed by atoms with van der Waals surface area (Å²) in [5.41, 5.74) is 0.224. The Morgan fingerprint density at radius 1 is 1.19 bits per heavy atom. The molecule has 2 rings (SSSR count). The monoisotopic (exact) mass is 285 g/mol. The summed E-state index contributed by atoms with van der Waals surface area (Å²) < 4.78 is 13.8. The van der Waals surface area contributed by atoms with E-state index >= 15 is 0 Å². The molecule has 0 aromatic heterocycles. The lowest BCUT2D eigenvalue weighted by Gasteiger charge is -2.23. The molecule has 0 aliphatic heterocycles. The summed E-state index contributed by atoms with van der Waals surface area (Å²) in [6, 6.07) is 14.8. The summed E-state index contributed by atoms with van der Waals surface area (Å²) >= 11 is 0. The van der Waals surface area contributed by atoms with Gasteiger partial charge in [0.05, 0.1) is 17.4 Å². The van der Waals surface area contributed by atoms with Gasteiger partial charge in [-0.05, 0) is 24.3 Å². The number of nitrogens with zero attached hydrogens (tertiary/aromatic N) is 3. The van der Waals surface area contributed by atoms with E-state index in [2.05, 4.69) is 0 Å². The minimum Gasteiger partial charge on any atom is -0.335 e. The summed E-state index contributed by atoms with van der Waals surface area (Å²) in [6.07, 6.45) is 0.169. The Morgan fingerprint density at radius 3 is 2.52 bits per heavy atom. The number of halogens is 1. The Hall–Kier alpha value is -2.94. The lowest BCUT2D eigenvalue weighted by atomic mass is 10.2. The van der Waals surface area contributed by atoms with Crippen molar-refractivity contribution in [3.8, 4) is 6.07 Å². The minimum atomic E-state index is -0.893. The van der Waals surface area contributed by atoms with Crippen molar-refractivity contribution in [1.29, 1.82) is 5.26 Å². The highest BCUT2D eigenvalue weighted by molar-refractivity contribution is 5.72.